The van der Waals surface area contributed by atoms with Gasteiger partial charge in [0.25, 0.3) is 0 Å². The first-order valence-electron chi connectivity index (χ1n) is 16.5. The summed E-state index contributed by atoms with van der Waals surface area (Å²) < 4.78 is 4.70. The number of aromatic nitrogens is 3. The molecule has 0 aliphatic heterocycles. The van der Waals surface area contributed by atoms with Crippen LogP contribution < -0.4 is 0 Å². The molecule has 1 aliphatic carbocycles. The maximum Gasteiger partial charge on any atom is 0.138 e. The summed E-state index contributed by atoms with van der Waals surface area (Å²) in [6, 6.07) is 59.4. The quantitative estimate of drug-likeness (QED) is 0.195. The minimum Gasteiger partial charge on any atom is -0.309 e. The molecule has 10 aromatic rings. The lowest BCUT2D eigenvalue weighted by Crippen LogP contribution is -1.98. The van der Waals surface area contributed by atoms with Gasteiger partial charge in [0.05, 0.1) is 27.8 Å². The number of pyridine rings is 1. The maximum absolute atomic E-state index is 5.37. The molecule has 0 saturated carbocycles. The van der Waals surface area contributed by atoms with Gasteiger partial charge in [-0.3, -0.25) is 4.57 Å². The lowest BCUT2D eigenvalue weighted by Gasteiger charge is -2.10. The van der Waals surface area contributed by atoms with Gasteiger partial charge in [0, 0.05) is 38.4 Å². The fourth-order valence-corrected chi connectivity index (χ4v) is 8.17. The molecule has 3 aromatic heterocycles. The molecule has 0 fully saturated rings. The largest absolute Gasteiger partial charge is 0.309 e. The molecule has 0 unspecified atom stereocenters. The van der Waals surface area contributed by atoms with Crippen LogP contribution in [0.15, 0.2) is 164 Å². The second-order valence-corrected chi connectivity index (χ2v) is 12.8. The van der Waals surface area contributed by atoms with Gasteiger partial charge in [0.1, 0.15) is 5.82 Å². The number of rotatable bonds is 3. The zero-order valence-electron chi connectivity index (χ0n) is 25.9. The van der Waals surface area contributed by atoms with Gasteiger partial charge in [-0.25, -0.2) is 4.98 Å². The Bertz CT molecular complexity index is 2940. The summed E-state index contributed by atoms with van der Waals surface area (Å²) in [6.07, 6.45) is 0. The molecule has 3 heteroatoms. The predicted octanol–water partition coefficient (Wildman–Crippen LogP) is 11.7. The molecule has 3 nitrogen and oxygen atoms in total. The minimum absolute atomic E-state index is 0.938. The monoisotopic (exact) mass is 609 g/mol. The van der Waals surface area contributed by atoms with E-state index in [1.54, 1.807) is 0 Å². The second-order valence-electron chi connectivity index (χ2n) is 12.8. The molecule has 7 aromatic carbocycles. The van der Waals surface area contributed by atoms with Crippen LogP contribution in [0.4, 0.5) is 0 Å². The van der Waals surface area contributed by atoms with Gasteiger partial charge >= 0.3 is 0 Å². The van der Waals surface area contributed by atoms with Crippen molar-refractivity contribution in [3.05, 3.63) is 164 Å². The van der Waals surface area contributed by atoms with Crippen molar-refractivity contribution in [2.24, 2.45) is 0 Å². The maximum atomic E-state index is 5.37. The van der Waals surface area contributed by atoms with Crippen LogP contribution in [0.2, 0.25) is 0 Å². The van der Waals surface area contributed by atoms with Gasteiger partial charge in [-0.15, -0.1) is 0 Å². The van der Waals surface area contributed by atoms with E-state index >= 15 is 0 Å². The number of hydrogen-bond donors (Lipinski definition) is 0. The molecular weight excluding hydrogens is 583 g/mol. The lowest BCUT2D eigenvalue weighted by atomic mass is 10.0. The van der Waals surface area contributed by atoms with Crippen molar-refractivity contribution in [3.63, 3.8) is 0 Å². The van der Waals surface area contributed by atoms with Crippen LogP contribution in [0.5, 0.6) is 0 Å². The Kier molecular flexibility index (Phi) is 5.11. The Balaban J connectivity index is 1.10. The Hall–Kier alpha value is -6.45. The van der Waals surface area contributed by atoms with Gasteiger partial charge in [0.15, 0.2) is 0 Å². The van der Waals surface area contributed by atoms with E-state index < -0.39 is 0 Å². The third-order valence-electron chi connectivity index (χ3n) is 10.3. The second kappa shape index (κ2) is 9.54. The van der Waals surface area contributed by atoms with Crippen LogP contribution in [0.1, 0.15) is 0 Å². The number of fused-ring (bicyclic) bond motifs is 9. The molecular formula is C45H27N3. The van der Waals surface area contributed by atoms with E-state index in [2.05, 4.69) is 173 Å². The van der Waals surface area contributed by atoms with Crippen molar-refractivity contribution in [1.29, 1.82) is 0 Å². The average molecular weight is 610 g/mol. The van der Waals surface area contributed by atoms with Gasteiger partial charge < -0.3 is 4.57 Å². The summed E-state index contributed by atoms with van der Waals surface area (Å²) in [5.74, 6) is 0.938. The third-order valence-corrected chi connectivity index (χ3v) is 10.3. The molecule has 3 heterocycles. The van der Waals surface area contributed by atoms with Gasteiger partial charge in [-0.2, -0.15) is 0 Å². The van der Waals surface area contributed by atoms with Crippen LogP contribution in [0, 0.1) is 0 Å². The van der Waals surface area contributed by atoms with Gasteiger partial charge in [-0.1, -0.05) is 103 Å². The van der Waals surface area contributed by atoms with Crippen molar-refractivity contribution in [1.82, 2.24) is 14.1 Å². The Morgan fingerprint density at radius 1 is 0.375 bits per heavy atom. The number of nitrogens with zero attached hydrogens (tertiary/aromatic N) is 3. The van der Waals surface area contributed by atoms with Crippen molar-refractivity contribution >= 4 is 54.4 Å². The summed E-state index contributed by atoms with van der Waals surface area (Å²) >= 11 is 0. The molecule has 0 saturated heterocycles. The Morgan fingerprint density at radius 2 is 0.958 bits per heavy atom. The smallest absolute Gasteiger partial charge is 0.138 e. The summed E-state index contributed by atoms with van der Waals surface area (Å²) in [5, 5.41) is 7.53. The Labute approximate surface area is 276 Å². The van der Waals surface area contributed by atoms with Crippen LogP contribution >= 0.6 is 0 Å². The van der Waals surface area contributed by atoms with E-state index in [1.165, 1.54) is 76.9 Å². The number of benzene rings is 7. The normalized spacial score (nSPS) is 12.2. The van der Waals surface area contributed by atoms with Crippen molar-refractivity contribution < 1.29 is 0 Å². The van der Waals surface area contributed by atoms with Gasteiger partial charge in [-0.05, 0) is 88.1 Å². The first-order chi connectivity index (χ1) is 23.8. The molecule has 0 spiro atoms. The number of para-hydroxylation sites is 3. The highest BCUT2D eigenvalue weighted by Crippen LogP contribution is 2.47. The van der Waals surface area contributed by atoms with Crippen LogP contribution in [-0.2, 0) is 0 Å². The van der Waals surface area contributed by atoms with Crippen molar-refractivity contribution in [2.45, 2.75) is 0 Å². The molecule has 48 heavy (non-hydrogen) atoms. The predicted molar refractivity (Wildman–Crippen MR) is 200 cm³/mol. The van der Waals surface area contributed by atoms with Crippen molar-refractivity contribution in [3.8, 4) is 45.0 Å². The van der Waals surface area contributed by atoms with Crippen LogP contribution in [0.3, 0.4) is 0 Å². The molecule has 0 atom stereocenters. The minimum atomic E-state index is 0.938. The highest BCUT2D eigenvalue weighted by molar-refractivity contribution is 6.15. The highest BCUT2D eigenvalue weighted by atomic mass is 15.1. The van der Waals surface area contributed by atoms with E-state index in [-0.39, 0.29) is 0 Å². The topological polar surface area (TPSA) is 22.8 Å². The molecule has 11 rings (SSSR count). The molecule has 0 bridgehead atoms. The lowest BCUT2D eigenvalue weighted by molar-refractivity contribution is 1.09. The SMILES string of the molecule is c1ccc(-n2c3ccccc3c3cc(-c4ccc5c(c4)c4ccccc4n5-c4ccc5c(n4)-c4cccc6cccc-5c46)ccc32)cc1. The Morgan fingerprint density at radius 3 is 1.67 bits per heavy atom. The van der Waals surface area contributed by atoms with E-state index in [1.807, 2.05) is 0 Å². The molecule has 0 radical (unpaired) electrons. The summed E-state index contributed by atoms with van der Waals surface area (Å²) in [4.78, 5) is 5.37. The van der Waals surface area contributed by atoms with E-state index in [4.69, 9.17) is 4.98 Å². The highest BCUT2D eigenvalue weighted by Gasteiger charge is 2.24. The van der Waals surface area contributed by atoms with Crippen molar-refractivity contribution in [2.75, 3.05) is 0 Å². The summed E-state index contributed by atoms with van der Waals surface area (Å²) in [6.45, 7) is 0. The fraction of sp³-hybridized carbons (Fsp3) is 0. The van der Waals surface area contributed by atoms with Gasteiger partial charge in [0.2, 0.25) is 0 Å². The van der Waals surface area contributed by atoms with E-state index in [9.17, 15) is 0 Å². The summed E-state index contributed by atoms with van der Waals surface area (Å²) in [5.41, 5.74) is 13.1. The number of hydrogen-bond acceptors (Lipinski definition) is 1. The fourth-order valence-electron chi connectivity index (χ4n) is 8.17. The van der Waals surface area contributed by atoms with E-state index in [0.29, 0.717) is 0 Å². The van der Waals surface area contributed by atoms with Crippen LogP contribution in [-0.4, -0.2) is 14.1 Å². The standard InChI is InChI=1S/C45H27N3/c1-2-12-31(13-3-1)47-39-18-6-4-14-32(39)37-26-29(20-23-41(37)47)30-21-24-42-38(27-30)33-15-5-7-19-40(33)48(42)43-25-22-35-34-16-8-10-28-11-9-17-36(44(28)34)45(35)46-43/h1-27H. The molecule has 1 aliphatic rings. The zero-order chi connectivity index (χ0) is 31.3. The summed E-state index contributed by atoms with van der Waals surface area (Å²) in [7, 11) is 0. The molecule has 222 valence electrons. The molecule has 0 amide bonds. The van der Waals surface area contributed by atoms with E-state index in [0.717, 1.165) is 22.5 Å². The van der Waals surface area contributed by atoms with Crippen LogP contribution in [0.25, 0.3) is 99.4 Å². The third kappa shape index (κ3) is 3.45. The molecule has 0 N–H and O–H groups in total. The zero-order valence-corrected chi connectivity index (χ0v) is 25.9. The first kappa shape index (κ1) is 25.7. The average Bonchev–Trinajstić information content (AvgIpc) is 3.78. The first-order valence-corrected chi connectivity index (χ1v) is 16.5.